The topological polar surface area (TPSA) is 66.5 Å². The lowest BCUT2D eigenvalue weighted by Crippen LogP contribution is -2.32. The van der Waals surface area contributed by atoms with Crippen LogP contribution in [0.1, 0.15) is 28.8 Å². The van der Waals surface area contributed by atoms with Crippen molar-refractivity contribution in [1.29, 1.82) is 0 Å². The largest absolute Gasteiger partial charge is 0.331 e. The summed E-state index contributed by atoms with van der Waals surface area (Å²) in [5, 5.41) is 0. The molecule has 1 saturated carbocycles. The maximum atomic E-state index is 14.0. The molecule has 1 aliphatic carbocycles. The van der Waals surface area contributed by atoms with Crippen molar-refractivity contribution in [2.24, 2.45) is 0 Å². The predicted molar refractivity (Wildman–Crippen MR) is 113 cm³/mol. The van der Waals surface area contributed by atoms with Gasteiger partial charge < -0.3 is 4.90 Å². The highest BCUT2D eigenvalue weighted by atomic mass is 32.2. The summed E-state index contributed by atoms with van der Waals surface area (Å²) in [6.07, 6.45) is 1.74. The first-order valence-electron chi connectivity index (χ1n) is 9.76. The van der Waals surface area contributed by atoms with Crippen LogP contribution in [0.5, 0.6) is 0 Å². The molecule has 0 aromatic heterocycles. The summed E-state index contributed by atoms with van der Waals surface area (Å²) in [4.78, 5) is 14.6. The highest BCUT2D eigenvalue weighted by Crippen LogP contribution is 2.30. The van der Waals surface area contributed by atoms with Crippen LogP contribution in [-0.2, 0) is 16.6 Å². The van der Waals surface area contributed by atoms with Crippen molar-refractivity contribution in [2.45, 2.75) is 30.3 Å². The number of carbonyl (C=O) groups excluding carboxylic acids is 1. The van der Waals surface area contributed by atoms with Crippen molar-refractivity contribution in [3.8, 4) is 0 Å². The minimum atomic E-state index is -3.88. The Bertz CT molecular complexity index is 1190. The SMILES string of the molecule is O=C(c1ccc(NS(=O)(=O)c2ccc(F)cc2)cc1)N(Cc1ccccc1F)C1CC1. The van der Waals surface area contributed by atoms with Crippen molar-refractivity contribution in [3.05, 3.63) is 95.6 Å². The molecule has 0 spiro atoms. The fraction of sp³-hybridized carbons (Fsp3) is 0.174. The van der Waals surface area contributed by atoms with Gasteiger partial charge in [-0.3, -0.25) is 9.52 Å². The normalized spacial score (nSPS) is 13.6. The summed E-state index contributed by atoms with van der Waals surface area (Å²) in [7, 11) is -3.88. The summed E-state index contributed by atoms with van der Waals surface area (Å²) in [6.45, 7) is 0.176. The lowest BCUT2D eigenvalue weighted by molar-refractivity contribution is 0.0728. The number of anilines is 1. The maximum Gasteiger partial charge on any atom is 0.261 e. The zero-order valence-electron chi connectivity index (χ0n) is 16.5. The smallest absolute Gasteiger partial charge is 0.261 e. The summed E-state index contributed by atoms with van der Waals surface area (Å²) in [5.74, 6) is -1.12. The fourth-order valence-electron chi connectivity index (χ4n) is 3.24. The third-order valence-electron chi connectivity index (χ3n) is 5.06. The molecule has 1 aliphatic rings. The van der Waals surface area contributed by atoms with Crippen LogP contribution >= 0.6 is 0 Å². The van der Waals surface area contributed by atoms with Crippen molar-refractivity contribution < 1.29 is 22.0 Å². The number of nitrogens with one attached hydrogen (secondary N) is 1. The predicted octanol–water partition coefficient (Wildman–Crippen LogP) is 4.57. The van der Waals surface area contributed by atoms with Crippen LogP contribution in [-0.4, -0.2) is 25.3 Å². The molecule has 0 atom stereocenters. The second-order valence-corrected chi connectivity index (χ2v) is 9.07. The van der Waals surface area contributed by atoms with E-state index in [9.17, 15) is 22.0 Å². The molecule has 0 bridgehead atoms. The minimum Gasteiger partial charge on any atom is -0.331 e. The molecule has 0 heterocycles. The molecule has 3 aromatic carbocycles. The number of carbonyl (C=O) groups is 1. The van der Waals surface area contributed by atoms with Gasteiger partial charge in [0, 0.05) is 29.4 Å². The number of benzene rings is 3. The van der Waals surface area contributed by atoms with Crippen LogP contribution in [0.3, 0.4) is 0 Å². The highest BCUT2D eigenvalue weighted by Gasteiger charge is 2.33. The Kier molecular flexibility index (Phi) is 5.73. The number of hydrogen-bond donors (Lipinski definition) is 1. The van der Waals surface area contributed by atoms with E-state index in [1.54, 1.807) is 23.1 Å². The third kappa shape index (κ3) is 4.91. The number of rotatable bonds is 7. The van der Waals surface area contributed by atoms with Crippen LogP contribution in [0.25, 0.3) is 0 Å². The zero-order valence-corrected chi connectivity index (χ0v) is 17.3. The summed E-state index contributed by atoms with van der Waals surface area (Å²) < 4.78 is 54.3. The van der Waals surface area contributed by atoms with Crippen LogP contribution in [0.2, 0.25) is 0 Å². The first-order valence-corrected chi connectivity index (χ1v) is 11.2. The maximum absolute atomic E-state index is 14.0. The molecule has 3 aromatic rings. The van der Waals surface area contributed by atoms with Gasteiger partial charge in [0.1, 0.15) is 11.6 Å². The molecule has 8 heteroatoms. The van der Waals surface area contributed by atoms with Crippen LogP contribution < -0.4 is 4.72 Å². The second kappa shape index (κ2) is 8.47. The van der Waals surface area contributed by atoms with Crippen LogP contribution in [0, 0.1) is 11.6 Å². The standard InChI is InChI=1S/C23H20F2N2O3S/c24-18-7-13-21(14-8-18)31(29,30)26-19-9-5-16(6-10-19)23(28)27(20-11-12-20)15-17-3-1-2-4-22(17)25/h1-10,13-14,20,26H,11-12,15H2. The Balaban J connectivity index is 1.49. The highest BCUT2D eigenvalue weighted by molar-refractivity contribution is 7.92. The average molecular weight is 442 g/mol. The van der Waals surface area contributed by atoms with E-state index >= 15 is 0 Å². The molecule has 1 N–H and O–H groups in total. The Labute approximate surface area is 179 Å². The van der Waals surface area contributed by atoms with Gasteiger partial charge in [0.05, 0.1) is 4.90 Å². The van der Waals surface area contributed by atoms with Gasteiger partial charge in [0.2, 0.25) is 0 Å². The van der Waals surface area contributed by atoms with Gasteiger partial charge in [0.25, 0.3) is 15.9 Å². The van der Waals surface area contributed by atoms with Gasteiger partial charge in [-0.1, -0.05) is 18.2 Å². The van der Waals surface area contributed by atoms with Crippen molar-refractivity contribution in [2.75, 3.05) is 4.72 Å². The minimum absolute atomic E-state index is 0.0705. The van der Waals surface area contributed by atoms with E-state index in [-0.39, 0.29) is 34.9 Å². The van der Waals surface area contributed by atoms with Crippen molar-refractivity contribution in [3.63, 3.8) is 0 Å². The Morgan fingerprint density at radius 2 is 1.58 bits per heavy atom. The lowest BCUT2D eigenvalue weighted by atomic mass is 10.1. The Morgan fingerprint density at radius 3 is 2.19 bits per heavy atom. The fourth-order valence-corrected chi connectivity index (χ4v) is 4.30. The van der Waals surface area contributed by atoms with Crippen molar-refractivity contribution in [1.82, 2.24) is 4.90 Å². The first kappa shape index (κ1) is 21.0. The van der Waals surface area contributed by atoms with Gasteiger partial charge >= 0.3 is 0 Å². The molecule has 0 unspecified atom stereocenters. The third-order valence-corrected chi connectivity index (χ3v) is 6.45. The molecular formula is C23H20F2N2O3S. The summed E-state index contributed by atoms with van der Waals surface area (Å²) in [5.41, 5.74) is 1.10. The molecule has 1 fully saturated rings. The van der Waals surface area contributed by atoms with E-state index < -0.39 is 15.8 Å². The number of sulfonamides is 1. The van der Waals surface area contributed by atoms with Gasteiger partial charge in [-0.15, -0.1) is 0 Å². The van der Waals surface area contributed by atoms with Crippen LogP contribution in [0.4, 0.5) is 14.5 Å². The molecular weight excluding hydrogens is 422 g/mol. The second-order valence-electron chi connectivity index (χ2n) is 7.39. The number of halogens is 2. The van der Waals surface area contributed by atoms with Gasteiger partial charge in [-0.05, 0) is 67.4 Å². The average Bonchev–Trinajstić information content (AvgIpc) is 3.58. The molecule has 1 amide bonds. The Morgan fingerprint density at radius 1 is 0.935 bits per heavy atom. The lowest BCUT2D eigenvalue weighted by Gasteiger charge is -2.23. The number of nitrogens with zero attached hydrogens (tertiary/aromatic N) is 1. The van der Waals surface area contributed by atoms with E-state index in [1.807, 2.05) is 0 Å². The number of hydrogen-bond acceptors (Lipinski definition) is 3. The molecule has 160 valence electrons. The summed E-state index contributed by atoms with van der Waals surface area (Å²) in [6, 6.07) is 17.0. The molecule has 0 saturated heterocycles. The first-order chi connectivity index (χ1) is 14.8. The molecule has 0 radical (unpaired) electrons. The van der Waals surface area contributed by atoms with E-state index in [1.165, 1.54) is 42.5 Å². The molecule has 4 rings (SSSR count). The molecule has 5 nitrogen and oxygen atoms in total. The molecule has 31 heavy (non-hydrogen) atoms. The van der Waals surface area contributed by atoms with Gasteiger partial charge in [0.15, 0.2) is 0 Å². The number of amides is 1. The van der Waals surface area contributed by atoms with Crippen LogP contribution in [0.15, 0.2) is 77.7 Å². The Hall–Kier alpha value is -3.26. The quantitative estimate of drug-likeness (QED) is 0.583. The zero-order chi connectivity index (χ0) is 22.0. The van der Waals surface area contributed by atoms with Crippen molar-refractivity contribution >= 4 is 21.6 Å². The van der Waals surface area contributed by atoms with E-state index in [0.29, 0.717) is 11.1 Å². The van der Waals surface area contributed by atoms with E-state index in [4.69, 9.17) is 0 Å². The van der Waals surface area contributed by atoms with Gasteiger partial charge in [-0.2, -0.15) is 0 Å². The van der Waals surface area contributed by atoms with E-state index in [2.05, 4.69) is 4.72 Å². The monoisotopic (exact) mass is 442 g/mol. The van der Waals surface area contributed by atoms with Gasteiger partial charge in [-0.25, -0.2) is 17.2 Å². The molecule has 0 aliphatic heterocycles. The van der Waals surface area contributed by atoms with E-state index in [0.717, 1.165) is 25.0 Å². The summed E-state index contributed by atoms with van der Waals surface area (Å²) >= 11 is 0.